The van der Waals surface area contributed by atoms with Gasteiger partial charge < -0.3 is 14.6 Å². The van der Waals surface area contributed by atoms with Crippen LogP contribution >= 0.6 is 0 Å². The predicted octanol–water partition coefficient (Wildman–Crippen LogP) is 3.35. The van der Waals surface area contributed by atoms with Crippen molar-refractivity contribution in [3.05, 3.63) is 0 Å². The van der Waals surface area contributed by atoms with Crippen molar-refractivity contribution >= 4 is 0 Å². The third kappa shape index (κ3) is 2.77. The maximum Gasteiger partial charge on any atom is 0.183 e. The Morgan fingerprint density at radius 1 is 0.905 bits per heavy atom. The number of hydrogen-bond donors (Lipinski definition) is 1. The Hall–Kier alpha value is -0.120. The third-order valence-electron chi connectivity index (χ3n) is 6.89. The zero-order valence-corrected chi connectivity index (χ0v) is 13.1. The Morgan fingerprint density at radius 3 is 2.05 bits per heavy atom. The molecule has 6 atom stereocenters. The van der Waals surface area contributed by atoms with Gasteiger partial charge in [-0.1, -0.05) is 38.5 Å². The molecule has 3 saturated carbocycles. The predicted molar refractivity (Wildman–Crippen MR) is 80.7 cm³/mol. The molecular formula is C18H30O3. The normalized spacial score (nSPS) is 49.9. The Labute approximate surface area is 128 Å². The number of hydrogen-bond acceptors (Lipinski definition) is 3. The van der Waals surface area contributed by atoms with Crippen molar-refractivity contribution in [2.45, 2.75) is 70.2 Å². The van der Waals surface area contributed by atoms with Gasteiger partial charge in [-0.15, -0.1) is 0 Å². The van der Waals surface area contributed by atoms with Crippen molar-refractivity contribution in [1.82, 2.24) is 0 Å². The molecule has 0 aromatic heterocycles. The van der Waals surface area contributed by atoms with E-state index in [0.717, 1.165) is 36.2 Å². The van der Waals surface area contributed by atoms with Crippen LogP contribution < -0.4 is 0 Å². The molecule has 0 aromatic carbocycles. The van der Waals surface area contributed by atoms with E-state index in [0.29, 0.717) is 6.61 Å². The molecule has 3 aliphatic carbocycles. The second-order valence-corrected chi connectivity index (χ2v) is 7.91. The van der Waals surface area contributed by atoms with Gasteiger partial charge in [0.05, 0.1) is 13.2 Å². The summed E-state index contributed by atoms with van der Waals surface area (Å²) in [6, 6.07) is 0. The van der Waals surface area contributed by atoms with Gasteiger partial charge in [0.25, 0.3) is 0 Å². The molecule has 0 radical (unpaired) electrons. The average molecular weight is 294 g/mol. The Balaban J connectivity index is 1.45. The number of rotatable bonds is 3. The maximum absolute atomic E-state index is 9.55. The molecule has 4 fully saturated rings. The van der Waals surface area contributed by atoms with Crippen LogP contribution in [0.1, 0.15) is 57.8 Å². The fourth-order valence-corrected chi connectivity index (χ4v) is 5.76. The molecule has 3 heteroatoms. The van der Waals surface area contributed by atoms with Crippen LogP contribution in [0.4, 0.5) is 0 Å². The molecule has 1 N–H and O–H groups in total. The van der Waals surface area contributed by atoms with Crippen molar-refractivity contribution in [1.29, 1.82) is 0 Å². The minimum absolute atomic E-state index is 0.0593. The highest BCUT2D eigenvalue weighted by Gasteiger charge is 2.46. The van der Waals surface area contributed by atoms with Gasteiger partial charge in [0.15, 0.2) is 6.29 Å². The molecule has 6 unspecified atom stereocenters. The van der Waals surface area contributed by atoms with E-state index in [1.165, 1.54) is 57.8 Å². The SMILES string of the molecule is OC1OCC1OCC1C2CCCCC2CC2CCCCC21. The van der Waals surface area contributed by atoms with Crippen molar-refractivity contribution in [2.24, 2.45) is 29.6 Å². The van der Waals surface area contributed by atoms with Crippen LogP contribution in [0, 0.1) is 29.6 Å². The molecule has 0 spiro atoms. The van der Waals surface area contributed by atoms with Crippen LogP contribution in [0.15, 0.2) is 0 Å². The molecule has 0 bridgehead atoms. The van der Waals surface area contributed by atoms with E-state index in [2.05, 4.69) is 0 Å². The van der Waals surface area contributed by atoms with Crippen LogP contribution in [0.3, 0.4) is 0 Å². The van der Waals surface area contributed by atoms with E-state index in [-0.39, 0.29) is 6.10 Å². The zero-order chi connectivity index (χ0) is 14.2. The van der Waals surface area contributed by atoms with Crippen molar-refractivity contribution < 1.29 is 14.6 Å². The van der Waals surface area contributed by atoms with E-state index in [9.17, 15) is 5.11 Å². The summed E-state index contributed by atoms with van der Waals surface area (Å²) in [4.78, 5) is 0. The molecule has 1 saturated heterocycles. The first-order chi connectivity index (χ1) is 10.3. The Kier molecular flexibility index (Phi) is 4.25. The highest BCUT2D eigenvalue weighted by molar-refractivity contribution is 4.95. The number of aliphatic hydroxyl groups excluding tert-OH is 1. The topological polar surface area (TPSA) is 38.7 Å². The van der Waals surface area contributed by atoms with E-state index in [1.807, 2.05) is 0 Å². The summed E-state index contributed by atoms with van der Waals surface area (Å²) in [7, 11) is 0. The standard InChI is InChI=1S/C18H30O3/c19-18-17(11-21-18)20-10-16-14-7-3-1-5-12(14)9-13-6-2-4-8-15(13)16/h12-19H,1-11H2. The molecule has 120 valence electrons. The van der Waals surface area contributed by atoms with Gasteiger partial charge in [0.2, 0.25) is 0 Å². The minimum Gasteiger partial charge on any atom is -0.370 e. The first-order valence-electron chi connectivity index (χ1n) is 9.24. The lowest BCUT2D eigenvalue weighted by Crippen LogP contribution is -2.50. The van der Waals surface area contributed by atoms with E-state index >= 15 is 0 Å². The summed E-state index contributed by atoms with van der Waals surface area (Å²) in [6.07, 6.45) is 12.3. The largest absolute Gasteiger partial charge is 0.370 e. The first-order valence-corrected chi connectivity index (χ1v) is 9.24. The third-order valence-corrected chi connectivity index (χ3v) is 6.89. The molecule has 4 rings (SSSR count). The molecule has 3 nitrogen and oxygen atoms in total. The van der Waals surface area contributed by atoms with Crippen molar-refractivity contribution in [2.75, 3.05) is 13.2 Å². The van der Waals surface area contributed by atoms with Gasteiger partial charge >= 0.3 is 0 Å². The second kappa shape index (κ2) is 6.17. The van der Waals surface area contributed by atoms with Gasteiger partial charge in [-0.3, -0.25) is 0 Å². The van der Waals surface area contributed by atoms with Gasteiger partial charge in [-0.05, 0) is 48.9 Å². The molecule has 0 amide bonds. The molecule has 1 aliphatic heterocycles. The molecule has 4 aliphatic rings. The maximum atomic E-state index is 9.55. The quantitative estimate of drug-likeness (QED) is 0.867. The summed E-state index contributed by atoms with van der Waals surface area (Å²) in [5, 5.41) is 9.55. The smallest absolute Gasteiger partial charge is 0.183 e. The molecular weight excluding hydrogens is 264 g/mol. The lowest BCUT2D eigenvalue weighted by Gasteiger charge is -2.51. The lowest BCUT2D eigenvalue weighted by atomic mass is 9.55. The summed E-state index contributed by atoms with van der Waals surface area (Å²) in [5.74, 6) is 4.48. The van der Waals surface area contributed by atoms with Crippen molar-refractivity contribution in [3.63, 3.8) is 0 Å². The number of fused-ring (bicyclic) bond motifs is 2. The van der Waals surface area contributed by atoms with Gasteiger partial charge in [0.1, 0.15) is 6.10 Å². The summed E-state index contributed by atoms with van der Waals surface area (Å²) >= 11 is 0. The number of ether oxygens (including phenoxy) is 2. The van der Waals surface area contributed by atoms with Crippen LogP contribution in [-0.2, 0) is 9.47 Å². The molecule has 21 heavy (non-hydrogen) atoms. The fourth-order valence-electron chi connectivity index (χ4n) is 5.76. The average Bonchev–Trinajstić information content (AvgIpc) is 2.52. The van der Waals surface area contributed by atoms with Gasteiger partial charge in [-0.2, -0.15) is 0 Å². The van der Waals surface area contributed by atoms with Crippen LogP contribution in [0.25, 0.3) is 0 Å². The molecule has 1 heterocycles. The zero-order valence-electron chi connectivity index (χ0n) is 13.1. The number of aliphatic hydroxyl groups is 1. The van der Waals surface area contributed by atoms with Gasteiger partial charge in [-0.25, -0.2) is 0 Å². The Morgan fingerprint density at radius 2 is 1.52 bits per heavy atom. The second-order valence-electron chi connectivity index (χ2n) is 7.91. The Bertz CT molecular complexity index is 336. The summed E-state index contributed by atoms with van der Waals surface area (Å²) in [5.41, 5.74) is 0. The molecule has 0 aromatic rings. The highest BCUT2D eigenvalue weighted by atomic mass is 16.7. The monoisotopic (exact) mass is 294 g/mol. The minimum atomic E-state index is -0.669. The lowest BCUT2D eigenvalue weighted by molar-refractivity contribution is -0.281. The van der Waals surface area contributed by atoms with Crippen LogP contribution in [-0.4, -0.2) is 30.7 Å². The van der Waals surface area contributed by atoms with E-state index < -0.39 is 6.29 Å². The van der Waals surface area contributed by atoms with E-state index in [4.69, 9.17) is 9.47 Å². The first kappa shape index (κ1) is 14.5. The highest BCUT2D eigenvalue weighted by Crippen LogP contribution is 2.53. The summed E-state index contributed by atoms with van der Waals surface area (Å²) in [6.45, 7) is 1.45. The van der Waals surface area contributed by atoms with Gasteiger partial charge in [0, 0.05) is 0 Å². The van der Waals surface area contributed by atoms with Crippen LogP contribution in [0.5, 0.6) is 0 Å². The summed E-state index contributed by atoms with van der Waals surface area (Å²) < 4.78 is 11.1. The van der Waals surface area contributed by atoms with Crippen molar-refractivity contribution in [3.8, 4) is 0 Å². The fraction of sp³-hybridized carbons (Fsp3) is 1.00. The van der Waals surface area contributed by atoms with E-state index in [1.54, 1.807) is 0 Å². The van der Waals surface area contributed by atoms with Crippen LogP contribution in [0.2, 0.25) is 0 Å².